The van der Waals surface area contributed by atoms with E-state index in [1.807, 2.05) is 25.7 Å². The second kappa shape index (κ2) is 4.70. The molecule has 2 N–H and O–H groups in total. The SMILES string of the molecule is C[C@H](O)C1NC[C@H]2CC[C@@H]1N2C(=O)OC(C)(C)C. The maximum atomic E-state index is 12.2. The summed E-state index contributed by atoms with van der Waals surface area (Å²) in [6.07, 6.45) is 1.22. The summed E-state index contributed by atoms with van der Waals surface area (Å²) in [5.74, 6) is 0. The molecule has 0 spiro atoms. The lowest BCUT2D eigenvalue weighted by atomic mass is 10.0. The molecule has 2 saturated heterocycles. The van der Waals surface area contributed by atoms with Crippen molar-refractivity contribution in [3.8, 4) is 0 Å². The standard InChI is InChI=1S/C13H24N2O3/c1-8(16)11-10-6-5-9(7-14-11)15(10)12(17)18-13(2,3)4/h8-11,14,16H,5-7H2,1-4H3/t8-,9+,10-,11?/m0/s1. The topological polar surface area (TPSA) is 61.8 Å². The molecule has 0 aromatic carbocycles. The van der Waals surface area contributed by atoms with Crippen LogP contribution in [0.25, 0.3) is 0 Å². The summed E-state index contributed by atoms with van der Waals surface area (Å²) < 4.78 is 5.46. The zero-order valence-electron chi connectivity index (χ0n) is 11.6. The van der Waals surface area contributed by atoms with Crippen molar-refractivity contribution in [3.63, 3.8) is 0 Å². The first-order valence-corrected chi connectivity index (χ1v) is 6.72. The first-order chi connectivity index (χ1) is 8.29. The van der Waals surface area contributed by atoms with Crippen molar-refractivity contribution in [3.05, 3.63) is 0 Å². The Balaban J connectivity index is 2.10. The van der Waals surface area contributed by atoms with E-state index >= 15 is 0 Å². The van der Waals surface area contributed by atoms with Gasteiger partial charge in [-0.25, -0.2) is 4.79 Å². The number of aliphatic hydroxyl groups excluding tert-OH is 1. The lowest BCUT2D eigenvalue weighted by Gasteiger charge is -2.42. The average molecular weight is 256 g/mol. The highest BCUT2D eigenvalue weighted by Gasteiger charge is 2.47. The molecule has 2 rings (SSSR count). The first-order valence-electron chi connectivity index (χ1n) is 6.72. The van der Waals surface area contributed by atoms with E-state index in [1.165, 1.54) is 0 Å². The van der Waals surface area contributed by atoms with Gasteiger partial charge in [0.25, 0.3) is 0 Å². The number of amides is 1. The molecule has 2 aliphatic heterocycles. The number of nitrogens with zero attached hydrogens (tertiary/aromatic N) is 1. The Kier molecular flexibility index (Phi) is 3.56. The van der Waals surface area contributed by atoms with Gasteiger partial charge < -0.3 is 15.2 Å². The fourth-order valence-corrected chi connectivity index (χ4v) is 2.96. The van der Waals surface area contributed by atoms with Crippen molar-refractivity contribution >= 4 is 6.09 Å². The van der Waals surface area contributed by atoms with Gasteiger partial charge in [-0.05, 0) is 40.5 Å². The highest BCUT2D eigenvalue weighted by molar-refractivity contribution is 5.70. The predicted octanol–water partition coefficient (Wildman–Crippen LogP) is 1.11. The van der Waals surface area contributed by atoms with Gasteiger partial charge in [-0.3, -0.25) is 4.90 Å². The van der Waals surface area contributed by atoms with Crippen LogP contribution in [-0.4, -0.2) is 52.5 Å². The number of ether oxygens (including phenoxy) is 1. The highest BCUT2D eigenvalue weighted by atomic mass is 16.6. The van der Waals surface area contributed by atoms with Crippen LogP contribution in [0.5, 0.6) is 0 Å². The van der Waals surface area contributed by atoms with Crippen molar-refractivity contribution in [1.82, 2.24) is 10.2 Å². The number of aliphatic hydroxyl groups is 1. The molecule has 1 amide bonds. The molecular weight excluding hydrogens is 232 g/mol. The van der Waals surface area contributed by atoms with E-state index in [-0.39, 0.29) is 24.2 Å². The number of carbonyl (C=O) groups is 1. The molecule has 2 aliphatic rings. The van der Waals surface area contributed by atoms with Crippen LogP contribution in [0.4, 0.5) is 4.79 Å². The Morgan fingerprint density at radius 3 is 2.67 bits per heavy atom. The van der Waals surface area contributed by atoms with E-state index in [0.29, 0.717) is 0 Å². The fourth-order valence-electron chi connectivity index (χ4n) is 2.96. The molecule has 5 heteroatoms. The molecule has 0 aromatic rings. The smallest absolute Gasteiger partial charge is 0.410 e. The van der Waals surface area contributed by atoms with Gasteiger partial charge in [0, 0.05) is 12.6 Å². The number of hydrogen-bond acceptors (Lipinski definition) is 4. The minimum atomic E-state index is -0.471. The molecule has 0 aromatic heterocycles. The van der Waals surface area contributed by atoms with Crippen molar-refractivity contribution < 1.29 is 14.6 Å². The maximum absolute atomic E-state index is 12.2. The lowest BCUT2D eigenvalue weighted by Crippen LogP contribution is -2.63. The molecule has 18 heavy (non-hydrogen) atoms. The van der Waals surface area contributed by atoms with E-state index in [2.05, 4.69) is 5.32 Å². The Labute approximate surface area is 108 Å². The summed E-state index contributed by atoms with van der Waals surface area (Å²) in [6.45, 7) is 8.14. The second-order valence-corrected chi connectivity index (χ2v) is 6.36. The molecule has 2 bridgehead atoms. The molecule has 4 atom stereocenters. The zero-order valence-corrected chi connectivity index (χ0v) is 11.6. The molecule has 104 valence electrons. The number of fused-ring (bicyclic) bond motifs is 2. The zero-order chi connectivity index (χ0) is 13.5. The van der Waals surface area contributed by atoms with Crippen LogP contribution in [0.15, 0.2) is 0 Å². The molecule has 5 nitrogen and oxygen atoms in total. The van der Waals surface area contributed by atoms with E-state index < -0.39 is 11.7 Å². The molecule has 0 radical (unpaired) electrons. The summed E-state index contributed by atoms with van der Waals surface area (Å²) in [4.78, 5) is 14.1. The van der Waals surface area contributed by atoms with Gasteiger partial charge in [0.05, 0.1) is 18.2 Å². The largest absolute Gasteiger partial charge is 0.444 e. The Bertz CT molecular complexity index is 325. The molecule has 1 unspecified atom stereocenters. The number of piperazine rings is 1. The van der Waals surface area contributed by atoms with Crippen LogP contribution in [0.3, 0.4) is 0 Å². The summed E-state index contributed by atoms with van der Waals surface area (Å²) in [7, 11) is 0. The van der Waals surface area contributed by atoms with Crippen LogP contribution < -0.4 is 5.32 Å². The summed E-state index contributed by atoms with van der Waals surface area (Å²) in [5, 5.41) is 13.1. The van der Waals surface area contributed by atoms with Crippen LogP contribution in [0, 0.1) is 0 Å². The quantitative estimate of drug-likeness (QED) is 0.737. The summed E-state index contributed by atoms with van der Waals surface area (Å²) >= 11 is 0. The van der Waals surface area contributed by atoms with Gasteiger partial charge in [-0.1, -0.05) is 0 Å². The van der Waals surface area contributed by atoms with Gasteiger partial charge in [0.1, 0.15) is 5.60 Å². The number of carbonyl (C=O) groups excluding carboxylic acids is 1. The van der Waals surface area contributed by atoms with Crippen LogP contribution >= 0.6 is 0 Å². The minimum Gasteiger partial charge on any atom is -0.444 e. The lowest BCUT2D eigenvalue weighted by molar-refractivity contribution is -0.00704. The molecule has 0 saturated carbocycles. The molecule has 2 heterocycles. The van der Waals surface area contributed by atoms with Crippen molar-refractivity contribution in [2.45, 2.75) is 70.4 Å². The average Bonchev–Trinajstić information content (AvgIpc) is 2.49. The van der Waals surface area contributed by atoms with Crippen LogP contribution in [0.2, 0.25) is 0 Å². The van der Waals surface area contributed by atoms with Gasteiger partial charge in [-0.15, -0.1) is 0 Å². The fraction of sp³-hybridized carbons (Fsp3) is 0.923. The van der Waals surface area contributed by atoms with Gasteiger partial charge in [0.15, 0.2) is 0 Å². The number of nitrogens with one attached hydrogen (secondary N) is 1. The summed E-state index contributed by atoms with van der Waals surface area (Å²) in [6, 6.07) is 0.217. The third-order valence-electron chi connectivity index (χ3n) is 3.67. The Morgan fingerprint density at radius 1 is 1.44 bits per heavy atom. The van der Waals surface area contributed by atoms with E-state index in [9.17, 15) is 9.90 Å². The molecular formula is C13H24N2O3. The monoisotopic (exact) mass is 256 g/mol. The normalized spacial score (nSPS) is 33.4. The molecule has 0 aliphatic carbocycles. The van der Waals surface area contributed by atoms with Crippen LogP contribution in [-0.2, 0) is 4.74 Å². The summed E-state index contributed by atoms with van der Waals surface area (Å²) in [5.41, 5.74) is -0.471. The second-order valence-electron chi connectivity index (χ2n) is 6.36. The highest BCUT2D eigenvalue weighted by Crippen LogP contribution is 2.32. The first kappa shape index (κ1) is 13.6. The van der Waals surface area contributed by atoms with Crippen LogP contribution in [0.1, 0.15) is 40.5 Å². The van der Waals surface area contributed by atoms with Crippen molar-refractivity contribution in [2.75, 3.05) is 6.54 Å². The van der Waals surface area contributed by atoms with Crippen molar-refractivity contribution in [2.24, 2.45) is 0 Å². The third-order valence-corrected chi connectivity index (χ3v) is 3.67. The Morgan fingerprint density at radius 2 is 2.11 bits per heavy atom. The van der Waals surface area contributed by atoms with Gasteiger partial charge in [0.2, 0.25) is 0 Å². The Hall–Kier alpha value is -0.810. The number of rotatable bonds is 1. The van der Waals surface area contributed by atoms with Gasteiger partial charge in [-0.2, -0.15) is 0 Å². The van der Waals surface area contributed by atoms with E-state index in [0.717, 1.165) is 19.4 Å². The molecule has 2 fully saturated rings. The third kappa shape index (κ3) is 2.62. The minimum absolute atomic E-state index is 0.0451. The van der Waals surface area contributed by atoms with E-state index in [1.54, 1.807) is 6.92 Å². The predicted molar refractivity (Wildman–Crippen MR) is 68.4 cm³/mol. The number of hydrogen-bond donors (Lipinski definition) is 2. The van der Waals surface area contributed by atoms with Gasteiger partial charge >= 0.3 is 6.09 Å². The maximum Gasteiger partial charge on any atom is 0.410 e. The van der Waals surface area contributed by atoms with E-state index in [4.69, 9.17) is 4.74 Å². The van der Waals surface area contributed by atoms with Crippen molar-refractivity contribution in [1.29, 1.82) is 0 Å².